The summed E-state index contributed by atoms with van der Waals surface area (Å²) in [6, 6.07) is 10.1. The Morgan fingerprint density at radius 3 is 2.19 bits per heavy atom. The van der Waals surface area contributed by atoms with E-state index in [-0.39, 0.29) is 6.29 Å². The minimum absolute atomic E-state index is 0.251. The highest BCUT2D eigenvalue weighted by atomic mass is 16.7. The summed E-state index contributed by atoms with van der Waals surface area (Å²) in [5.74, 6) is 0. The zero-order valence-corrected chi connectivity index (χ0v) is 10.0. The van der Waals surface area contributed by atoms with Crippen LogP contribution in [0.25, 0.3) is 0 Å². The molecule has 0 amide bonds. The van der Waals surface area contributed by atoms with Gasteiger partial charge in [0.25, 0.3) is 0 Å². The number of rotatable bonds is 8. The van der Waals surface area contributed by atoms with E-state index in [9.17, 15) is 0 Å². The molecule has 0 saturated heterocycles. The molecule has 3 nitrogen and oxygen atoms in total. The van der Waals surface area contributed by atoms with Crippen LogP contribution in [0.15, 0.2) is 30.3 Å². The molecule has 0 fully saturated rings. The second kappa shape index (κ2) is 8.28. The zero-order valence-electron chi connectivity index (χ0n) is 10.0. The lowest BCUT2D eigenvalue weighted by atomic mass is 10.2. The molecule has 0 bridgehead atoms. The van der Waals surface area contributed by atoms with Crippen molar-refractivity contribution in [3.8, 4) is 0 Å². The molecule has 0 saturated carbocycles. The average Bonchev–Trinajstić information content (AvgIpc) is 2.31. The fourth-order valence-electron chi connectivity index (χ4n) is 1.36. The Morgan fingerprint density at radius 2 is 1.62 bits per heavy atom. The quantitative estimate of drug-likeness (QED) is 0.635. The predicted molar refractivity (Wildman–Crippen MR) is 63.1 cm³/mol. The van der Waals surface area contributed by atoms with Crippen LogP contribution >= 0.6 is 0 Å². The summed E-state index contributed by atoms with van der Waals surface area (Å²) in [5.41, 5.74) is 1.16. The fraction of sp³-hybridized carbons (Fsp3) is 0.538. The number of ether oxygens (including phenoxy) is 3. The largest absolute Gasteiger partial charge is 0.372 e. The summed E-state index contributed by atoms with van der Waals surface area (Å²) in [5, 5.41) is 0. The first-order valence-electron chi connectivity index (χ1n) is 5.71. The highest BCUT2D eigenvalue weighted by Crippen LogP contribution is 2.03. The van der Waals surface area contributed by atoms with Crippen LogP contribution in [0, 0.1) is 0 Å². The summed E-state index contributed by atoms with van der Waals surface area (Å²) < 4.78 is 16.3. The highest BCUT2D eigenvalue weighted by Gasteiger charge is 2.07. The first kappa shape index (κ1) is 13.2. The van der Waals surface area contributed by atoms with Crippen LogP contribution in [-0.2, 0) is 20.8 Å². The molecule has 1 aromatic rings. The Morgan fingerprint density at radius 1 is 1.00 bits per heavy atom. The first-order valence-corrected chi connectivity index (χ1v) is 5.71. The Balaban J connectivity index is 2.22. The summed E-state index contributed by atoms with van der Waals surface area (Å²) >= 11 is 0. The lowest BCUT2D eigenvalue weighted by Crippen LogP contribution is -2.23. The van der Waals surface area contributed by atoms with E-state index in [1.165, 1.54) is 0 Å². The van der Waals surface area contributed by atoms with Crippen LogP contribution in [-0.4, -0.2) is 26.1 Å². The van der Waals surface area contributed by atoms with Crippen molar-refractivity contribution in [3.05, 3.63) is 35.9 Å². The Hall–Kier alpha value is -0.900. The highest BCUT2D eigenvalue weighted by molar-refractivity contribution is 5.13. The van der Waals surface area contributed by atoms with Gasteiger partial charge in [0.1, 0.15) is 0 Å². The van der Waals surface area contributed by atoms with Crippen LogP contribution in [0.3, 0.4) is 0 Å². The summed E-state index contributed by atoms with van der Waals surface area (Å²) in [6.45, 7) is 6.24. The molecule has 0 N–H and O–H groups in total. The molecule has 0 unspecified atom stereocenters. The maximum absolute atomic E-state index is 5.54. The third-order valence-corrected chi connectivity index (χ3v) is 2.07. The second-order valence-corrected chi connectivity index (χ2v) is 3.34. The molecule has 1 rings (SSSR count). The van der Waals surface area contributed by atoms with Crippen molar-refractivity contribution in [2.75, 3.05) is 19.8 Å². The van der Waals surface area contributed by atoms with Crippen molar-refractivity contribution in [3.63, 3.8) is 0 Å². The Bertz CT molecular complexity index is 255. The van der Waals surface area contributed by atoms with Gasteiger partial charge in [0.15, 0.2) is 6.29 Å². The Kier molecular flexibility index (Phi) is 6.81. The number of hydrogen-bond acceptors (Lipinski definition) is 3. The van der Waals surface area contributed by atoms with Crippen LogP contribution in [0.2, 0.25) is 0 Å². The van der Waals surface area contributed by atoms with E-state index in [1.807, 2.05) is 44.2 Å². The van der Waals surface area contributed by atoms with E-state index in [0.717, 1.165) is 5.56 Å². The average molecular weight is 224 g/mol. The minimum atomic E-state index is -0.251. The third-order valence-electron chi connectivity index (χ3n) is 2.07. The predicted octanol–water partition coefficient (Wildman–Crippen LogP) is 2.60. The van der Waals surface area contributed by atoms with Crippen molar-refractivity contribution >= 4 is 0 Å². The van der Waals surface area contributed by atoms with Gasteiger partial charge in [0.2, 0.25) is 0 Å². The van der Waals surface area contributed by atoms with Gasteiger partial charge in [-0.2, -0.15) is 0 Å². The van der Waals surface area contributed by atoms with Gasteiger partial charge in [-0.15, -0.1) is 0 Å². The van der Waals surface area contributed by atoms with Gasteiger partial charge in [-0.05, 0) is 19.4 Å². The van der Waals surface area contributed by atoms with Gasteiger partial charge in [-0.25, -0.2) is 0 Å². The van der Waals surface area contributed by atoms with Crippen molar-refractivity contribution < 1.29 is 14.2 Å². The smallest absolute Gasteiger partial charge is 0.180 e. The molecule has 0 spiro atoms. The van der Waals surface area contributed by atoms with Gasteiger partial charge in [-0.1, -0.05) is 30.3 Å². The molecule has 0 radical (unpaired) electrons. The van der Waals surface area contributed by atoms with E-state index in [0.29, 0.717) is 26.4 Å². The van der Waals surface area contributed by atoms with Crippen LogP contribution in [0.5, 0.6) is 0 Å². The maximum Gasteiger partial charge on any atom is 0.180 e. The molecule has 16 heavy (non-hydrogen) atoms. The first-order chi connectivity index (χ1) is 7.86. The van der Waals surface area contributed by atoms with Crippen molar-refractivity contribution in [2.24, 2.45) is 0 Å². The van der Waals surface area contributed by atoms with E-state index < -0.39 is 0 Å². The second-order valence-electron chi connectivity index (χ2n) is 3.34. The van der Waals surface area contributed by atoms with Crippen LogP contribution < -0.4 is 0 Å². The fourth-order valence-corrected chi connectivity index (χ4v) is 1.36. The van der Waals surface area contributed by atoms with Crippen LogP contribution in [0.4, 0.5) is 0 Å². The Labute approximate surface area is 97.3 Å². The van der Waals surface area contributed by atoms with Gasteiger partial charge in [0, 0.05) is 13.2 Å². The van der Waals surface area contributed by atoms with E-state index in [1.54, 1.807) is 0 Å². The molecule has 90 valence electrons. The molecule has 3 heteroatoms. The zero-order chi connectivity index (χ0) is 11.6. The summed E-state index contributed by atoms with van der Waals surface area (Å²) in [4.78, 5) is 0. The number of hydrogen-bond donors (Lipinski definition) is 0. The lowest BCUT2D eigenvalue weighted by Gasteiger charge is -2.16. The minimum Gasteiger partial charge on any atom is -0.372 e. The third kappa shape index (κ3) is 5.26. The number of benzene rings is 1. The van der Waals surface area contributed by atoms with E-state index in [2.05, 4.69) is 0 Å². The molecular weight excluding hydrogens is 204 g/mol. The lowest BCUT2D eigenvalue weighted by molar-refractivity contribution is -0.169. The molecule has 0 aliphatic carbocycles. The molecule has 0 heterocycles. The van der Waals surface area contributed by atoms with E-state index >= 15 is 0 Å². The molecule has 0 atom stereocenters. The SMILES string of the molecule is CCOC(COCc1ccccc1)OCC. The summed E-state index contributed by atoms with van der Waals surface area (Å²) in [6.07, 6.45) is -0.251. The van der Waals surface area contributed by atoms with Gasteiger partial charge < -0.3 is 14.2 Å². The standard InChI is InChI=1S/C13H20O3/c1-3-15-13(16-4-2)11-14-10-12-8-6-5-7-9-12/h5-9,13H,3-4,10-11H2,1-2H3. The monoisotopic (exact) mass is 224 g/mol. The summed E-state index contributed by atoms with van der Waals surface area (Å²) in [7, 11) is 0. The maximum atomic E-state index is 5.54. The van der Waals surface area contributed by atoms with Gasteiger partial charge >= 0.3 is 0 Å². The normalized spacial score (nSPS) is 10.9. The van der Waals surface area contributed by atoms with Gasteiger partial charge in [0.05, 0.1) is 13.2 Å². The molecular formula is C13H20O3. The molecule has 0 aliphatic heterocycles. The van der Waals surface area contributed by atoms with Crippen molar-refractivity contribution in [1.82, 2.24) is 0 Å². The van der Waals surface area contributed by atoms with Crippen molar-refractivity contribution in [1.29, 1.82) is 0 Å². The van der Waals surface area contributed by atoms with E-state index in [4.69, 9.17) is 14.2 Å². The molecule has 1 aromatic carbocycles. The molecule has 0 aromatic heterocycles. The van der Waals surface area contributed by atoms with Crippen molar-refractivity contribution in [2.45, 2.75) is 26.7 Å². The van der Waals surface area contributed by atoms with Gasteiger partial charge in [-0.3, -0.25) is 0 Å². The molecule has 0 aliphatic rings. The topological polar surface area (TPSA) is 27.7 Å². The van der Waals surface area contributed by atoms with Crippen LogP contribution in [0.1, 0.15) is 19.4 Å².